The molecule has 2 aromatic heterocycles. The molecule has 1 aliphatic rings. The van der Waals surface area contributed by atoms with E-state index in [-0.39, 0.29) is 30.9 Å². The molecule has 1 aliphatic carbocycles. The van der Waals surface area contributed by atoms with Crippen molar-refractivity contribution in [3.8, 4) is 10.7 Å². The zero-order valence-electron chi connectivity index (χ0n) is 16.6. The predicted octanol–water partition coefficient (Wildman–Crippen LogP) is 2.49. The molecule has 0 spiro atoms. The lowest BCUT2D eigenvalue weighted by Gasteiger charge is -2.28. The van der Waals surface area contributed by atoms with Crippen LogP contribution >= 0.6 is 11.3 Å². The third-order valence-corrected chi connectivity index (χ3v) is 6.07. The number of nitrogens with zero attached hydrogens (tertiary/aromatic N) is 5. The summed E-state index contributed by atoms with van der Waals surface area (Å²) in [5.74, 6) is 0.183. The van der Waals surface area contributed by atoms with Crippen LogP contribution in [0.1, 0.15) is 31.2 Å². The molecule has 1 N–H and O–H groups in total. The number of carbonyl (C=O) groups is 2. The molecule has 1 fully saturated rings. The van der Waals surface area contributed by atoms with E-state index in [4.69, 9.17) is 0 Å². The van der Waals surface area contributed by atoms with Gasteiger partial charge in [0.2, 0.25) is 17.6 Å². The smallest absolute Gasteiger partial charge is 0.246 e. The summed E-state index contributed by atoms with van der Waals surface area (Å²) in [5, 5.41) is 17.2. The van der Waals surface area contributed by atoms with E-state index in [2.05, 4.69) is 20.7 Å². The van der Waals surface area contributed by atoms with E-state index in [0.717, 1.165) is 36.1 Å². The minimum absolute atomic E-state index is 0.0269. The Morgan fingerprint density at radius 1 is 1.13 bits per heavy atom. The standard InChI is InChI=1S/C21H24N6O2S/c28-19(22-13-16-7-2-1-3-8-16)14-26(17-9-4-5-10-17)20(29)15-27-24-21(23-25-27)18-11-6-12-30-18/h1-3,6-8,11-12,17H,4-5,9-10,13-15H2,(H,22,28). The zero-order chi connectivity index (χ0) is 20.8. The lowest BCUT2D eigenvalue weighted by Crippen LogP contribution is -2.46. The molecular weight excluding hydrogens is 400 g/mol. The lowest BCUT2D eigenvalue weighted by molar-refractivity contribution is -0.139. The Bertz CT molecular complexity index is 967. The van der Waals surface area contributed by atoms with E-state index in [1.165, 1.54) is 16.1 Å². The predicted molar refractivity (Wildman–Crippen MR) is 113 cm³/mol. The van der Waals surface area contributed by atoms with Crippen LogP contribution in [0.25, 0.3) is 10.7 Å². The fraction of sp³-hybridized carbons (Fsp3) is 0.381. The molecule has 0 atom stereocenters. The van der Waals surface area contributed by atoms with Crippen molar-refractivity contribution in [1.82, 2.24) is 30.4 Å². The number of hydrogen-bond acceptors (Lipinski definition) is 6. The van der Waals surface area contributed by atoms with Gasteiger partial charge in [-0.15, -0.1) is 21.5 Å². The molecule has 9 heteroatoms. The summed E-state index contributed by atoms with van der Waals surface area (Å²) >= 11 is 1.52. The van der Waals surface area contributed by atoms with Gasteiger partial charge in [0.05, 0.1) is 11.4 Å². The topological polar surface area (TPSA) is 93.0 Å². The lowest BCUT2D eigenvalue weighted by atomic mass is 10.2. The van der Waals surface area contributed by atoms with Crippen molar-refractivity contribution in [2.75, 3.05) is 6.54 Å². The van der Waals surface area contributed by atoms with Gasteiger partial charge in [-0.25, -0.2) is 0 Å². The number of rotatable bonds is 8. The van der Waals surface area contributed by atoms with Crippen molar-refractivity contribution in [3.05, 3.63) is 53.4 Å². The number of nitrogens with one attached hydrogen (secondary N) is 1. The van der Waals surface area contributed by atoms with E-state index in [1.807, 2.05) is 47.8 Å². The normalized spacial score (nSPS) is 14.0. The second-order valence-corrected chi connectivity index (χ2v) is 8.29. The van der Waals surface area contributed by atoms with Crippen LogP contribution < -0.4 is 5.32 Å². The highest BCUT2D eigenvalue weighted by Crippen LogP contribution is 2.24. The van der Waals surface area contributed by atoms with Gasteiger partial charge < -0.3 is 10.2 Å². The molecule has 0 aliphatic heterocycles. The maximum Gasteiger partial charge on any atom is 0.246 e. The molecule has 4 rings (SSSR count). The fourth-order valence-electron chi connectivity index (χ4n) is 3.67. The fourth-order valence-corrected chi connectivity index (χ4v) is 4.32. The van der Waals surface area contributed by atoms with Gasteiger partial charge in [0.25, 0.3) is 0 Å². The molecule has 3 aromatic rings. The van der Waals surface area contributed by atoms with E-state index >= 15 is 0 Å². The van der Waals surface area contributed by atoms with Gasteiger partial charge >= 0.3 is 0 Å². The second-order valence-electron chi connectivity index (χ2n) is 7.34. The highest BCUT2D eigenvalue weighted by Gasteiger charge is 2.29. The van der Waals surface area contributed by atoms with E-state index < -0.39 is 0 Å². The summed E-state index contributed by atoms with van der Waals surface area (Å²) in [6.45, 7) is 0.463. The first-order valence-electron chi connectivity index (χ1n) is 10.1. The minimum Gasteiger partial charge on any atom is -0.350 e. The van der Waals surface area contributed by atoms with Crippen LogP contribution in [0.3, 0.4) is 0 Å². The van der Waals surface area contributed by atoms with Crippen molar-refractivity contribution in [2.24, 2.45) is 0 Å². The SMILES string of the molecule is O=C(CN(C(=O)Cn1nnc(-c2cccs2)n1)C1CCCC1)NCc1ccccc1. The molecule has 1 saturated carbocycles. The highest BCUT2D eigenvalue weighted by molar-refractivity contribution is 7.13. The van der Waals surface area contributed by atoms with Crippen LogP contribution in [0, 0.1) is 0 Å². The first-order chi connectivity index (χ1) is 14.7. The van der Waals surface area contributed by atoms with Gasteiger partial charge in [-0.2, -0.15) is 4.80 Å². The number of thiophene rings is 1. The second kappa shape index (κ2) is 9.62. The molecule has 30 heavy (non-hydrogen) atoms. The summed E-state index contributed by atoms with van der Waals surface area (Å²) in [5.41, 5.74) is 1.03. The van der Waals surface area contributed by atoms with Crippen molar-refractivity contribution in [1.29, 1.82) is 0 Å². The van der Waals surface area contributed by atoms with E-state index in [9.17, 15) is 9.59 Å². The maximum atomic E-state index is 13.0. The Balaban J connectivity index is 1.38. The quantitative estimate of drug-likeness (QED) is 0.600. The summed E-state index contributed by atoms with van der Waals surface area (Å²) < 4.78 is 0. The molecule has 156 valence electrons. The van der Waals surface area contributed by atoms with Crippen LogP contribution in [0.4, 0.5) is 0 Å². The number of carbonyl (C=O) groups excluding carboxylic acids is 2. The maximum absolute atomic E-state index is 13.0. The third-order valence-electron chi connectivity index (χ3n) is 5.20. The number of aromatic nitrogens is 4. The van der Waals surface area contributed by atoms with Gasteiger partial charge in [0, 0.05) is 12.6 Å². The molecule has 8 nitrogen and oxygen atoms in total. The molecule has 1 aromatic carbocycles. The van der Waals surface area contributed by atoms with Crippen molar-refractivity contribution < 1.29 is 9.59 Å². The third kappa shape index (κ3) is 5.10. The van der Waals surface area contributed by atoms with Crippen LogP contribution in [0.15, 0.2) is 47.8 Å². The summed E-state index contributed by atoms with van der Waals surface area (Å²) in [6, 6.07) is 13.6. The Labute approximate surface area is 178 Å². The van der Waals surface area contributed by atoms with E-state index in [1.54, 1.807) is 4.90 Å². The molecule has 0 bridgehead atoms. The first-order valence-corrected chi connectivity index (χ1v) is 11.0. The molecule has 2 amide bonds. The molecule has 0 radical (unpaired) electrons. The van der Waals surface area contributed by atoms with E-state index in [0.29, 0.717) is 12.4 Å². The summed E-state index contributed by atoms with van der Waals surface area (Å²) in [4.78, 5) is 29.5. The monoisotopic (exact) mass is 424 g/mol. The molecule has 0 unspecified atom stereocenters. The van der Waals surface area contributed by atoms with Gasteiger partial charge in [0.15, 0.2) is 0 Å². The van der Waals surface area contributed by atoms with Crippen LogP contribution in [-0.4, -0.2) is 49.5 Å². The number of amides is 2. The van der Waals surface area contributed by atoms with Crippen molar-refractivity contribution >= 4 is 23.2 Å². The Hall–Kier alpha value is -3.07. The van der Waals surface area contributed by atoms with Crippen LogP contribution in [0.2, 0.25) is 0 Å². The summed E-state index contributed by atoms with van der Waals surface area (Å²) in [6.07, 6.45) is 3.99. The zero-order valence-corrected chi connectivity index (χ0v) is 17.4. The minimum atomic E-state index is -0.162. The molecular formula is C21H24N6O2S. The molecule has 2 heterocycles. The van der Waals surface area contributed by atoms with Gasteiger partial charge in [-0.05, 0) is 35.1 Å². The Morgan fingerprint density at radius 2 is 1.93 bits per heavy atom. The average Bonchev–Trinajstić information content (AvgIpc) is 3.53. The first kappa shape index (κ1) is 20.2. The highest BCUT2D eigenvalue weighted by atomic mass is 32.1. The van der Waals surface area contributed by atoms with Crippen molar-refractivity contribution in [3.63, 3.8) is 0 Å². The van der Waals surface area contributed by atoms with Crippen LogP contribution in [-0.2, 0) is 22.7 Å². The average molecular weight is 425 g/mol. The van der Waals surface area contributed by atoms with Gasteiger partial charge in [0.1, 0.15) is 6.54 Å². The Kier molecular flexibility index (Phi) is 6.48. The number of tetrazole rings is 1. The number of hydrogen-bond donors (Lipinski definition) is 1. The van der Waals surface area contributed by atoms with Gasteiger partial charge in [-0.1, -0.05) is 49.2 Å². The summed E-state index contributed by atoms with van der Waals surface area (Å²) in [7, 11) is 0. The largest absolute Gasteiger partial charge is 0.350 e. The van der Waals surface area contributed by atoms with Gasteiger partial charge in [-0.3, -0.25) is 9.59 Å². The van der Waals surface area contributed by atoms with Crippen molar-refractivity contribution in [2.45, 2.75) is 44.8 Å². The Morgan fingerprint density at radius 3 is 2.67 bits per heavy atom. The molecule has 0 saturated heterocycles. The number of benzene rings is 1. The van der Waals surface area contributed by atoms with Crippen LogP contribution in [0.5, 0.6) is 0 Å².